The standard InChI is InChI=1S/C16H14ClNO4/c1-20-13-4-2-3-11(17)15(13)16(19)18-8-10-5-6-12-14(7-10)22-9-21-12/h2-7H,8-9H2,1H3,(H,18,19). The van der Waals surface area contributed by atoms with Crippen LogP contribution >= 0.6 is 11.6 Å². The third-order valence-corrected chi connectivity index (χ3v) is 3.63. The normalized spacial score (nSPS) is 12.1. The van der Waals surface area contributed by atoms with Gasteiger partial charge in [-0.3, -0.25) is 4.79 Å². The molecule has 0 aromatic heterocycles. The maximum atomic E-state index is 12.3. The number of rotatable bonds is 4. The number of fused-ring (bicyclic) bond motifs is 1. The summed E-state index contributed by atoms with van der Waals surface area (Å²) >= 11 is 6.08. The highest BCUT2D eigenvalue weighted by atomic mass is 35.5. The lowest BCUT2D eigenvalue weighted by Crippen LogP contribution is -2.23. The quantitative estimate of drug-likeness (QED) is 0.941. The van der Waals surface area contributed by atoms with Gasteiger partial charge in [0.2, 0.25) is 6.79 Å². The van der Waals surface area contributed by atoms with E-state index in [1.54, 1.807) is 18.2 Å². The smallest absolute Gasteiger partial charge is 0.256 e. The molecule has 2 aromatic rings. The molecule has 5 nitrogen and oxygen atoms in total. The van der Waals surface area contributed by atoms with Crippen molar-refractivity contribution in [1.82, 2.24) is 5.32 Å². The summed E-state index contributed by atoms with van der Waals surface area (Å²) in [6, 6.07) is 10.6. The summed E-state index contributed by atoms with van der Waals surface area (Å²) in [6.45, 7) is 0.575. The average Bonchev–Trinajstić information content (AvgIpc) is 2.99. The first-order chi connectivity index (χ1) is 10.7. The average molecular weight is 320 g/mol. The van der Waals surface area contributed by atoms with E-state index in [9.17, 15) is 4.79 Å². The van der Waals surface area contributed by atoms with E-state index in [4.69, 9.17) is 25.8 Å². The highest BCUT2D eigenvalue weighted by molar-refractivity contribution is 6.34. The van der Waals surface area contributed by atoms with Crippen LogP contribution in [-0.4, -0.2) is 19.8 Å². The van der Waals surface area contributed by atoms with Crippen LogP contribution < -0.4 is 19.5 Å². The first-order valence-corrected chi connectivity index (χ1v) is 7.06. The molecule has 0 unspecified atom stereocenters. The van der Waals surface area contributed by atoms with Gasteiger partial charge in [-0.05, 0) is 29.8 Å². The van der Waals surface area contributed by atoms with Crippen molar-refractivity contribution in [3.63, 3.8) is 0 Å². The third-order valence-electron chi connectivity index (χ3n) is 3.31. The minimum atomic E-state index is -0.292. The number of hydrogen-bond donors (Lipinski definition) is 1. The topological polar surface area (TPSA) is 56.8 Å². The van der Waals surface area contributed by atoms with Gasteiger partial charge in [0.25, 0.3) is 5.91 Å². The Morgan fingerprint density at radius 1 is 1.27 bits per heavy atom. The first kappa shape index (κ1) is 14.5. The van der Waals surface area contributed by atoms with Crippen molar-refractivity contribution in [2.24, 2.45) is 0 Å². The summed E-state index contributed by atoms with van der Waals surface area (Å²) in [4.78, 5) is 12.3. The van der Waals surface area contributed by atoms with Crippen LogP contribution in [-0.2, 0) is 6.54 Å². The van der Waals surface area contributed by atoms with E-state index in [2.05, 4.69) is 5.32 Å². The summed E-state index contributed by atoms with van der Waals surface area (Å²) in [5, 5.41) is 3.17. The zero-order chi connectivity index (χ0) is 15.5. The number of ether oxygens (including phenoxy) is 3. The van der Waals surface area contributed by atoms with Crippen molar-refractivity contribution in [2.45, 2.75) is 6.54 Å². The minimum absolute atomic E-state index is 0.224. The first-order valence-electron chi connectivity index (χ1n) is 6.68. The Hall–Kier alpha value is -2.40. The molecule has 0 bridgehead atoms. The van der Waals surface area contributed by atoms with Gasteiger partial charge in [0, 0.05) is 6.54 Å². The molecule has 22 heavy (non-hydrogen) atoms. The van der Waals surface area contributed by atoms with Crippen molar-refractivity contribution in [1.29, 1.82) is 0 Å². The Morgan fingerprint density at radius 2 is 2.09 bits per heavy atom. The van der Waals surface area contributed by atoms with Crippen LogP contribution in [0, 0.1) is 0 Å². The maximum Gasteiger partial charge on any atom is 0.256 e. The summed E-state index contributed by atoms with van der Waals surface area (Å²) in [5.74, 6) is 1.54. The monoisotopic (exact) mass is 319 g/mol. The number of carbonyl (C=O) groups excluding carboxylic acids is 1. The Kier molecular flexibility index (Phi) is 4.06. The molecule has 1 aliphatic heterocycles. The van der Waals surface area contributed by atoms with E-state index < -0.39 is 0 Å². The molecule has 0 aliphatic carbocycles. The molecule has 6 heteroatoms. The van der Waals surface area contributed by atoms with Crippen LogP contribution in [0.5, 0.6) is 17.2 Å². The lowest BCUT2D eigenvalue weighted by atomic mass is 10.1. The zero-order valence-electron chi connectivity index (χ0n) is 11.9. The Morgan fingerprint density at radius 3 is 2.91 bits per heavy atom. The van der Waals surface area contributed by atoms with E-state index in [1.165, 1.54) is 7.11 Å². The molecular formula is C16H14ClNO4. The van der Waals surface area contributed by atoms with E-state index in [0.29, 0.717) is 34.4 Å². The molecule has 0 spiro atoms. The molecule has 1 amide bonds. The summed E-state index contributed by atoms with van der Waals surface area (Å²) in [7, 11) is 1.50. The van der Waals surface area contributed by atoms with Crippen LogP contribution in [0.25, 0.3) is 0 Å². The van der Waals surface area contributed by atoms with Gasteiger partial charge in [-0.25, -0.2) is 0 Å². The fourth-order valence-corrected chi connectivity index (χ4v) is 2.47. The van der Waals surface area contributed by atoms with E-state index in [0.717, 1.165) is 5.56 Å². The Labute approximate surface area is 132 Å². The SMILES string of the molecule is COc1cccc(Cl)c1C(=O)NCc1ccc2c(c1)OCO2. The summed E-state index contributed by atoms with van der Waals surface area (Å²) < 4.78 is 15.7. The van der Waals surface area contributed by atoms with Crippen LogP contribution in [0.4, 0.5) is 0 Å². The van der Waals surface area contributed by atoms with E-state index in [-0.39, 0.29) is 12.7 Å². The summed E-state index contributed by atoms with van der Waals surface area (Å²) in [5.41, 5.74) is 1.23. The number of methoxy groups -OCH3 is 1. The van der Waals surface area contributed by atoms with Crippen LogP contribution in [0.1, 0.15) is 15.9 Å². The number of benzene rings is 2. The maximum absolute atomic E-state index is 12.3. The molecule has 0 atom stereocenters. The van der Waals surface area contributed by atoms with Gasteiger partial charge in [0.15, 0.2) is 11.5 Å². The third kappa shape index (κ3) is 2.80. The number of nitrogens with one attached hydrogen (secondary N) is 1. The van der Waals surface area contributed by atoms with Gasteiger partial charge in [-0.2, -0.15) is 0 Å². The van der Waals surface area contributed by atoms with Crippen LogP contribution in [0.15, 0.2) is 36.4 Å². The molecule has 0 fully saturated rings. The second-order valence-corrected chi connectivity index (χ2v) is 5.09. The highest BCUT2D eigenvalue weighted by Gasteiger charge is 2.17. The van der Waals surface area contributed by atoms with Gasteiger partial charge in [0.05, 0.1) is 17.7 Å². The number of amides is 1. The number of hydrogen-bond acceptors (Lipinski definition) is 4. The highest BCUT2D eigenvalue weighted by Crippen LogP contribution is 2.32. The molecule has 1 aliphatic rings. The molecule has 1 N–H and O–H groups in total. The minimum Gasteiger partial charge on any atom is -0.496 e. The van der Waals surface area contributed by atoms with Gasteiger partial charge in [0.1, 0.15) is 5.75 Å². The van der Waals surface area contributed by atoms with Gasteiger partial charge >= 0.3 is 0 Å². The number of carbonyl (C=O) groups is 1. The van der Waals surface area contributed by atoms with Crippen LogP contribution in [0.2, 0.25) is 5.02 Å². The second-order valence-electron chi connectivity index (χ2n) is 4.69. The van der Waals surface area contributed by atoms with Crippen LogP contribution in [0.3, 0.4) is 0 Å². The zero-order valence-corrected chi connectivity index (χ0v) is 12.6. The number of halogens is 1. The molecule has 0 radical (unpaired) electrons. The molecular weight excluding hydrogens is 306 g/mol. The van der Waals surface area contributed by atoms with Gasteiger partial charge < -0.3 is 19.5 Å². The lowest BCUT2D eigenvalue weighted by Gasteiger charge is -2.11. The Balaban J connectivity index is 1.73. The van der Waals surface area contributed by atoms with Crippen molar-refractivity contribution in [3.8, 4) is 17.2 Å². The van der Waals surface area contributed by atoms with Crippen molar-refractivity contribution >= 4 is 17.5 Å². The fraction of sp³-hybridized carbons (Fsp3) is 0.188. The molecule has 0 saturated heterocycles. The van der Waals surface area contributed by atoms with E-state index in [1.807, 2.05) is 18.2 Å². The largest absolute Gasteiger partial charge is 0.496 e. The predicted molar refractivity (Wildman–Crippen MR) is 81.7 cm³/mol. The van der Waals surface area contributed by atoms with Crippen molar-refractivity contribution in [3.05, 3.63) is 52.5 Å². The molecule has 114 valence electrons. The fourth-order valence-electron chi connectivity index (χ4n) is 2.22. The van der Waals surface area contributed by atoms with Gasteiger partial charge in [-0.1, -0.05) is 23.7 Å². The van der Waals surface area contributed by atoms with Crippen molar-refractivity contribution < 1.29 is 19.0 Å². The second kappa shape index (κ2) is 6.15. The molecule has 1 heterocycles. The predicted octanol–water partition coefficient (Wildman–Crippen LogP) is 3.01. The Bertz CT molecular complexity index is 717. The molecule has 3 rings (SSSR count). The van der Waals surface area contributed by atoms with Gasteiger partial charge in [-0.15, -0.1) is 0 Å². The van der Waals surface area contributed by atoms with E-state index >= 15 is 0 Å². The van der Waals surface area contributed by atoms with Crippen molar-refractivity contribution in [2.75, 3.05) is 13.9 Å². The lowest BCUT2D eigenvalue weighted by molar-refractivity contribution is 0.0948. The molecule has 0 saturated carbocycles. The summed E-state index contributed by atoms with van der Waals surface area (Å²) in [6.07, 6.45) is 0. The molecule has 2 aromatic carbocycles.